The second kappa shape index (κ2) is 5.66. The zero-order valence-corrected chi connectivity index (χ0v) is 12.3. The average molecular weight is 281 g/mol. The number of aromatic nitrogens is 3. The zero-order chi connectivity index (χ0) is 14.8. The minimum atomic E-state index is -0.584. The molecule has 0 radical (unpaired) electrons. The van der Waals surface area contributed by atoms with Crippen molar-refractivity contribution in [2.45, 2.75) is 32.9 Å². The van der Waals surface area contributed by atoms with Gasteiger partial charge in [-0.1, -0.05) is 18.2 Å². The summed E-state index contributed by atoms with van der Waals surface area (Å²) in [6.45, 7) is 4.91. The monoisotopic (exact) mass is 281 g/mol. The number of pyridine rings is 1. The lowest BCUT2D eigenvalue weighted by molar-refractivity contribution is 0.174. The lowest BCUT2D eigenvalue weighted by Gasteiger charge is -2.12. The normalized spacial score (nSPS) is 12.7. The van der Waals surface area contributed by atoms with Crippen molar-refractivity contribution >= 4 is 11.0 Å². The Kier molecular flexibility index (Phi) is 3.71. The van der Waals surface area contributed by atoms with E-state index in [9.17, 15) is 5.11 Å². The van der Waals surface area contributed by atoms with Gasteiger partial charge in [-0.3, -0.25) is 4.98 Å². The third-order valence-corrected chi connectivity index (χ3v) is 3.71. The van der Waals surface area contributed by atoms with Gasteiger partial charge in [-0.25, -0.2) is 4.98 Å². The summed E-state index contributed by atoms with van der Waals surface area (Å²) >= 11 is 0. The van der Waals surface area contributed by atoms with Crippen molar-refractivity contribution < 1.29 is 5.11 Å². The Morgan fingerprint density at radius 2 is 2.05 bits per heavy atom. The molecule has 0 aliphatic carbocycles. The van der Waals surface area contributed by atoms with E-state index in [1.807, 2.05) is 31.2 Å². The highest BCUT2D eigenvalue weighted by atomic mass is 16.3. The Morgan fingerprint density at radius 3 is 2.81 bits per heavy atom. The SMILES string of the molecule is CCn1c(CC(O)c2cncc(C)c2)nc2ccccc21. The summed E-state index contributed by atoms with van der Waals surface area (Å²) in [5.74, 6) is 0.910. The largest absolute Gasteiger partial charge is 0.388 e. The first-order valence-electron chi connectivity index (χ1n) is 7.22. The van der Waals surface area contributed by atoms with Gasteiger partial charge in [0.25, 0.3) is 0 Å². The van der Waals surface area contributed by atoms with Gasteiger partial charge >= 0.3 is 0 Å². The van der Waals surface area contributed by atoms with Gasteiger partial charge < -0.3 is 9.67 Å². The van der Waals surface area contributed by atoms with Crippen LogP contribution in [0.1, 0.15) is 30.0 Å². The fraction of sp³-hybridized carbons (Fsp3) is 0.294. The predicted molar refractivity (Wildman–Crippen MR) is 83.0 cm³/mol. The molecule has 2 heterocycles. The summed E-state index contributed by atoms with van der Waals surface area (Å²) in [6.07, 6.45) is 3.42. The molecule has 0 saturated carbocycles. The molecule has 108 valence electrons. The first-order valence-corrected chi connectivity index (χ1v) is 7.22. The van der Waals surface area contributed by atoms with Crippen LogP contribution in [0.3, 0.4) is 0 Å². The number of hydrogen-bond acceptors (Lipinski definition) is 3. The molecule has 0 bridgehead atoms. The number of benzene rings is 1. The van der Waals surface area contributed by atoms with Crippen LogP contribution < -0.4 is 0 Å². The number of para-hydroxylation sites is 2. The number of rotatable bonds is 4. The van der Waals surface area contributed by atoms with Crippen LogP contribution in [0.15, 0.2) is 42.7 Å². The average Bonchev–Trinajstić information content (AvgIpc) is 2.84. The predicted octanol–water partition coefficient (Wildman–Crippen LogP) is 3.04. The van der Waals surface area contributed by atoms with E-state index in [0.717, 1.165) is 34.5 Å². The number of nitrogens with zero attached hydrogens (tertiary/aromatic N) is 3. The Balaban J connectivity index is 1.94. The number of aryl methyl sites for hydroxylation is 2. The lowest BCUT2D eigenvalue weighted by Crippen LogP contribution is -2.09. The third-order valence-electron chi connectivity index (χ3n) is 3.71. The van der Waals surface area contributed by atoms with Crippen molar-refractivity contribution in [3.63, 3.8) is 0 Å². The van der Waals surface area contributed by atoms with Crippen molar-refractivity contribution in [1.82, 2.24) is 14.5 Å². The first kappa shape index (κ1) is 13.8. The van der Waals surface area contributed by atoms with Crippen molar-refractivity contribution in [3.8, 4) is 0 Å². The molecule has 1 N–H and O–H groups in total. The molecule has 1 unspecified atom stereocenters. The van der Waals surface area contributed by atoms with E-state index in [-0.39, 0.29) is 0 Å². The van der Waals surface area contributed by atoms with Gasteiger partial charge in [0.2, 0.25) is 0 Å². The number of hydrogen-bond donors (Lipinski definition) is 1. The maximum absolute atomic E-state index is 10.5. The number of fused-ring (bicyclic) bond motifs is 1. The van der Waals surface area contributed by atoms with E-state index >= 15 is 0 Å². The molecule has 0 spiro atoms. The van der Waals surface area contributed by atoms with Crippen LogP contribution in [0.5, 0.6) is 0 Å². The van der Waals surface area contributed by atoms with Gasteiger partial charge in [0.05, 0.1) is 17.1 Å². The molecule has 0 saturated heterocycles. The molecule has 3 rings (SSSR count). The maximum Gasteiger partial charge on any atom is 0.112 e. The number of aliphatic hydroxyl groups excluding tert-OH is 1. The van der Waals surface area contributed by atoms with Gasteiger partial charge in [0.1, 0.15) is 5.82 Å². The number of imidazole rings is 1. The van der Waals surface area contributed by atoms with Crippen LogP contribution in [0, 0.1) is 6.92 Å². The van der Waals surface area contributed by atoms with Crippen LogP contribution in [0.2, 0.25) is 0 Å². The van der Waals surface area contributed by atoms with E-state index in [1.54, 1.807) is 12.4 Å². The zero-order valence-electron chi connectivity index (χ0n) is 12.3. The fourth-order valence-electron chi connectivity index (χ4n) is 2.69. The quantitative estimate of drug-likeness (QED) is 0.799. The van der Waals surface area contributed by atoms with E-state index in [2.05, 4.69) is 27.5 Å². The molecule has 0 amide bonds. The topological polar surface area (TPSA) is 50.9 Å². The Bertz CT molecular complexity index is 764. The Labute approximate surface area is 124 Å². The van der Waals surface area contributed by atoms with E-state index in [1.165, 1.54) is 0 Å². The number of aliphatic hydroxyl groups is 1. The molecule has 0 aliphatic rings. The minimum absolute atomic E-state index is 0.494. The second-order valence-electron chi connectivity index (χ2n) is 5.28. The first-order chi connectivity index (χ1) is 10.2. The Hall–Kier alpha value is -2.20. The van der Waals surface area contributed by atoms with Crippen molar-refractivity contribution in [2.75, 3.05) is 0 Å². The van der Waals surface area contributed by atoms with E-state index in [4.69, 9.17) is 0 Å². The van der Waals surface area contributed by atoms with Crippen molar-refractivity contribution in [3.05, 3.63) is 59.7 Å². The molecular weight excluding hydrogens is 262 g/mol. The summed E-state index contributed by atoms with van der Waals surface area (Å²) in [5.41, 5.74) is 3.98. The van der Waals surface area contributed by atoms with Gasteiger partial charge in [-0.05, 0) is 37.1 Å². The highest BCUT2D eigenvalue weighted by Gasteiger charge is 2.15. The van der Waals surface area contributed by atoms with Crippen LogP contribution >= 0.6 is 0 Å². The third kappa shape index (κ3) is 2.67. The van der Waals surface area contributed by atoms with Crippen molar-refractivity contribution in [1.29, 1.82) is 0 Å². The van der Waals surface area contributed by atoms with Gasteiger partial charge in [0, 0.05) is 25.4 Å². The summed E-state index contributed by atoms with van der Waals surface area (Å²) in [4.78, 5) is 8.80. The maximum atomic E-state index is 10.5. The minimum Gasteiger partial charge on any atom is -0.388 e. The summed E-state index contributed by atoms with van der Waals surface area (Å²) in [6, 6.07) is 10.0. The Morgan fingerprint density at radius 1 is 1.24 bits per heavy atom. The van der Waals surface area contributed by atoms with Crippen LogP contribution in [0.4, 0.5) is 0 Å². The molecule has 21 heavy (non-hydrogen) atoms. The smallest absolute Gasteiger partial charge is 0.112 e. The van der Waals surface area contributed by atoms with Gasteiger partial charge in [-0.2, -0.15) is 0 Å². The molecule has 4 nitrogen and oxygen atoms in total. The van der Waals surface area contributed by atoms with E-state index < -0.39 is 6.10 Å². The molecule has 3 aromatic rings. The fourth-order valence-corrected chi connectivity index (χ4v) is 2.69. The second-order valence-corrected chi connectivity index (χ2v) is 5.28. The molecule has 1 aromatic carbocycles. The molecule has 2 aromatic heterocycles. The highest BCUT2D eigenvalue weighted by molar-refractivity contribution is 5.75. The standard InChI is InChI=1S/C17H19N3O/c1-3-20-15-7-5-4-6-14(15)19-17(20)9-16(21)13-8-12(2)10-18-11-13/h4-8,10-11,16,21H,3,9H2,1-2H3. The van der Waals surface area contributed by atoms with E-state index in [0.29, 0.717) is 6.42 Å². The molecule has 0 aliphatic heterocycles. The molecule has 1 atom stereocenters. The molecule has 0 fully saturated rings. The summed E-state index contributed by atoms with van der Waals surface area (Å²) in [7, 11) is 0. The summed E-state index contributed by atoms with van der Waals surface area (Å²) < 4.78 is 2.15. The van der Waals surface area contributed by atoms with Crippen LogP contribution in [-0.4, -0.2) is 19.6 Å². The molecule has 4 heteroatoms. The van der Waals surface area contributed by atoms with Gasteiger partial charge in [-0.15, -0.1) is 0 Å². The van der Waals surface area contributed by atoms with Gasteiger partial charge in [0.15, 0.2) is 0 Å². The van der Waals surface area contributed by atoms with Crippen LogP contribution in [-0.2, 0) is 13.0 Å². The van der Waals surface area contributed by atoms with Crippen LogP contribution in [0.25, 0.3) is 11.0 Å². The van der Waals surface area contributed by atoms with Crippen molar-refractivity contribution in [2.24, 2.45) is 0 Å². The lowest BCUT2D eigenvalue weighted by atomic mass is 10.1. The summed E-state index contributed by atoms with van der Waals surface area (Å²) in [5, 5.41) is 10.5. The molecular formula is C17H19N3O. The highest BCUT2D eigenvalue weighted by Crippen LogP contribution is 2.22.